The zero-order valence-electron chi connectivity index (χ0n) is 21.4. The smallest absolute Gasteiger partial charge is 0.154 e. The molecule has 1 N–H and O–H groups in total. The van der Waals surface area contributed by atoms with Gasteiger partial charge in [-0.05, 0) is 57.6 Å². The van der Waals surface area contributed by atoms with E-state index in [9.17, 15) is 9.90 Å². The molecule has 0 saturated heterocycles. The second-order valence-electron chi connectivity index (χ2n) is 10.3. The summed E-state index contributed by atoms with van der Waals surface area (Å²) in [7, 11) is 0. The Bertz CT molecular complexity index is 709. The molecular weight excluding hydrogens is 396 g/mol. The van der Waals surface area contributed by atoms with Gasteiger partial charge in [0, 0.05) is 5.56 Å². The normalized spacial score (nSPS) is 17.8. The third-order valence-electron chi connectivity index (χ3n) is 7.54. The number of aldehydes is 1. The zero-order valence-corrected chi connectivity index (χ0v) is 21.4. The highest BCUT2D eigenvalue weighted by atomic mass is 16.5. The number of hydrogen-bond acceptors (Lipinski definition) is 3. The van der Waals surface area contributed by atoms with Crippen LogP contribution in [0.15, 0.2) is 0 Å². The van der Waals surface area contributed by atoms with Gasteiger partial charge in [0.25, 0.3) is 0 Å². The third-order valence-corrected chi connectivity index (χ3v) is 7.54. The average Bonchev–Trinajstić information content (AvgIpc) is 2.79. The molecule has 0 radical (unpaired) electrons. The number of phenolic OH excluding ortho intramolecular Hbond substituents is 1. The Balaban J connectivity index is 1.61. The number of benzene rings is 1. The van der Waals surface area contributed by atoms with Crippen LogP contribution in [0, 0.1) is 13.8 Å². The molecule has 0 aromatic heterocycles. The minimum atomic E-state index is -0.168. The number of hydrogen-bond donors (Lipinski definition) is 1. The molecule has 2 rings (SSSR count). The van der Waals surface area contributed by atoms with Crippen LogP contribution in [0.2, 0.25) is 0 Å². The van der Waals surface area contributed by atoms with E-state index in [4.69, 9.17) is 4.74 Å². The van der Waals surface area contributed by atoms with Crippen molar-refractivity contribution in [2.45, 2.75) is 142 Å². The standard InChI is InChI=1S/C29H48O3/c1-5-6-7-8-9-10-11-12-13-14-15-16-17-18-20-29(4)21-19-25-26(22-30)27(31)23(2)24(3)28(25)32-29/h22,31H,5-21H2,1-4H3. The van der Waals surface area contributed by atoms with E-state index in [0.717, 1.165) is 48.0 Å². The van der Waals surface area contributed by atoms with Crippen molar-refractivity contribution < 1.29 is 14.6 Å². The van der Waals surface area contributed by atoms with Crippen molar-refractivity contribution >= 4 is 6.29 Å². The van der Waals surface area contributed by atoms with E-state index in [1.165, 1.54) is 89.9 Å². The first-order valence-corrected chi connectivity index (χ1v) is 13.4. The van der Waals surface area contributed by atoms with E-state index in [0.29, 0.717) is 5.56 Å². The van der Waals surface area contributed by atoms with Gasteiger partial charge in [0.05, 0.1) is 5.56 Å². The van der Waals surface area contributed by atoms with Crippen LogP contribution in [0.25, 0.3) is 0 Å². The van der Waals surface area contributed by atoms with Crippen molar-refractivity contribution in [3.8, 4) is 11.5 Å². The second-order valence-corrected chi connectivity index (χ2v) is 10.3. The molecule has 1 aromatic rings. The van der Waals surface area contributed by atoms with Crippen LogP contribution in [0.1, 0.15) is 144 Å². The van der Waals surface area contributed by atoms with Crippen LogP contribution >= 0.6 is 0 Å². The van der Waals surface area contributed by atoms with Crippen molar-refractivity contribution in [2.24, 2.45) is 0 Å². The Morgan fingerprint density at radius 3 is 1.84 bits per heavy atom. The van der Waals surface area contributed by atoms with Crippen LogP contribution in [0.4, 0.5) is 0 Å². The summed E-state index contributed by atoms with van der Waals surface area (Å²) in [4.78, 5) is 11.5. The largest absolute Gasteiger partial charge is 0.507 e. The van der Waals surface area contributed by atoms with Gasteiger partial charge in [-0.25, -0.2) is 0 Å². The lowest BCUT2D eigenvalue weighted by molar-refractivity contribution is 0.0520. The van der Waals surface area contributed by atoms with Crippen molar-refractivity contribution in [1.29, 1.82) is 0 Å². The minimum Gasteiger partial charge on any atom is -0.507 e. The third kappa shape index (κ3) is 7.81. The monoisotopic (exact) mass is 444 g/mol. The lowest BCUT2D eigenvalue weighted by Gasteiger charge is -2.38. The lowest BCUT2D eigenvalue weighted by Crippen LogP contribution is -2.37. The van der Waals surface area contributed by atoms with E-state index < -0.39 is 0 Å². The highest BCUT2D eigenvalue weighted by molar-refractivity contribution is 5.85. The van der Waals surface area contributed by atoms with Gasteiger partial charge < -0.3 is 9.84 Å². The molecule has 1 unspecified atom stereocenters. The molecule has 32 heavy (non-hydrogen) atoms. The number of ether oxygens (including phenoxy) is 1. The highest BCUT2D eigenvalue weighted by Crippen LogP contribution is 2.44. The van der Waals surface area contributed by atoms with Crippen LogP contribution < -0.4 is 4.74 Å². The van der Waals surface area contributed by atoms with Gasteiger partial charge >= 0.3 is 0 Å². The average molecular weight is 445 g/mol. The number of rotatable bonds is 16. The molecule has 1 aliphatic rings. The van der Waals surface area contributed by atoms with E-state index >= 15 is 0 Å². The first kappa shape index (κ1) is 26.7. The molecule has 0 amide bonds. The zero-order chi connectivity index (χ0) is 23.4. The number of phenols is 1. The maximum Gasteiger partial charge on any atom is 0.154 e. The van der Waals surface area contributed by atoms with Crippen LogP contribution in [0.3, 0.4) is 0 Å². The predicted octanol–water partition coefficient (Wildman–Crippen LogP) is 8.78. The van der Waals surface area contributed by atoms with E-state index in [1.54, 1.807) is 0 Å². The Morgan fingerprint density at radius 2 is 1.34 bits per heavy atom. The Hall–Kier alpha value is -1.51. The van der Waals surface area contributed by atoms with E-state index in [-0.39, 0.29) is 11.4 Å². The molecule has 0 aliphatic carbocycles. The molecule has 0 spiro atoms. The fourth-order valence-corrected chi connectivity index (χ4v) is 5.11. The number of aromatic hydroxyl groups is 1. The molecular formula is C29H48O3. The predicted molar refractivity (Wildman–Crippen MR) is 135 cm³/mol. The van der Waals surface area contributed by atoms with Gasteiger partial charge in [-0.15, -0.1) is 0 Å². The van der Waals surface area contributed by atoms with Gasteiger partial charge in [-0.3, -0.25) is 4.79 Å². The summed E-state index contributed by atoms with van der Waals surface area (Å²) in [6.45, 7) is 8.34. The van der Waals surface area contributed by atoms with Crippen LogP contribution in [-0.2, 0) is 6.42 Å². The van der Waals surface area contributed by atoms with Gasteiger partial charge in [-0.2, -0.15) is 0 Å². The molecule has 0 saturated carbocycles. The quantitative estimate of drug-likeness (QED) is 0.205. The summed E-state index contributed by atoms with van der Waals surface area (Å²) >= 11 is 0. The molecule has 182 valence electrons. The maximum atomic E-state index is 11.5. The summed E-state index contributed by atoms with van der Waals surface area (Å²) in [5.41, 5.74) is 2.86. The molecule has 0 fully saturated rings. The van der Waals surface area contributed by atoms with Crippen LogP contribution in [0.5, 0.6) is 11.5 Å². The highest BCUT2D eigenvalue weighted by Gasteiger charge is 2.34. The van der Waals surface area contributed by atoms with Crippen molar-refractivity contribution in [1.82, 2.24) is 0 Å². The number of unbranched alkanes of at least 4 members (excludes halogenated alkanes) is 13. The Labute approximate surface area is 197 Å². The summed E-state index contributed by atoms with van der Waals surface area (Å²) in [5, 5.41) is 10.3. The lowest BCUT2D eigenvalue weighted by atomic mass is 9.84. The summed E-state index contributed by atoms with van der Waals surface area (Å²) in [6, 6.07) is 0. The van der Waals surface area contributed by atoms with Gasteiger partial charge in [0.15, 0.2) is 6.29 Å². The van der Waals surface area contributed by atoms with E-state index in [1.807, 2.05) is 13.8 Å². The summed E-state index contributed by atoms with van der Waals surface area (Å²) < 4.78 is 6.47. The van der Waals surface area contributed by atoms with Gasteiger partial charge in [0.1, 0.15) is 17.1 Å². The first-order chi connectivity index (χ1) is 15.4. The topological polar surface area (TPSA) is 46.5 Å². The molecule has 3 nitrogen and oxygen atoms in total. The second kappa shape index (κ2) is 13.9. The SMILES string of the molecule is CCCCCCCCCCCCCCCCC1(C)CCc2c(C=O)c(O)c(C)c(C)c2O1. The molecule has 0 bridgehead atoms. The Kier molecular flexibility index (Phi) is 11.6. The van der Waals surface area contributed by atoms with Gasteiger partial charge in [-0.1, -0.05) is 90.4 Å². The number of fused-ring (bicyclic) bond motifs is 1. The first-order valence-electron chi connectivity index (χ1n) is 13.4. The molecule has 1 heterocycles. The fourth-order valence-electron chi connectivity index (χ4n) is 5.11. The molecule has 1 atom stereocenters. The maximum absolute atomic E-state index is 11.5. The van der Waals surface area contributed by atoms with Crippen molar-refractivity contribution in [2.75, 3.05) is 0 Å². The number of carbonyl (C=O) groups is 1. The van der Waals surface area contributed by atoms with Gasteiger partial charge in [0.2, 0.25) is 0 Å². The fraction of sp³-hybridized carbons (Fsp3) is 0.759. The Morgan fingerprint density at radius 1 is 0.844 bits per heavy atom. The van der Waals surface area contributed by atoms with Crippen LogP contribution in [-0.4, -0.2) is 17.0 Å². The van der Waals surface area contributed by atoms with E-state index in [2.05, 4.69) is 13.8 Å². The summed E-state index contributed by atoms with van der Waals surface area (Å²) in [6.07, 6.45) is 22.8. The number of carbonyl (C=O) groups excluding carboxylic acids is 1. The summed E-state index contributed by atoms with van der Waals surface area (Å²) in [5.74, 6) is 0.956. The molecule has 1 aliphatic heterocycles. The van der Waals surface area contributed by atoms with Crippen molar-refractivity contribution in [3.05, 3.63) is 22.3 Å². The minimum absolute atomic E-state index is 0.121. The van der Waals surface area contributed by atoms with Crippen molar-refractivity contribution in [3.63, 3.8) is 0 Å². The molecule has 1 aromatic carbocycles. The molecule has 3 heteroatoms.